The van der Waals surface area contributed by atoms with E-state index < -0.39 is 11.9 Å². The van der Waals surface area contributed by atoms with Crippen LogP contribution in [0.5, 0.6) is 5.75 Å². The smallest absolute Gasteiger partial charge is 0.237 e. The lowest BCUT2D eigenvalue weighted by molar-refractivity contribution is -0.128. The standard InChI is InChI=1S/C14H18N2O4/c1-19-11-4-2-10(3-5-11)13(17)8-16-6-7-20-9-12(16)14(15)18/h2-5,12H,6-9H2,1H3,(H2,15,18). The van der Waals surface area contributed by atoms with Gasteiger partial charge < -0.3 is 15.2 Å². The third-order valence-electron chi connectivity index (χ3n) is 3.33. The zero-order valence-electron chi connectivity index (χ0n) is 11.4. The van der Waals surface area contributed by atoms with Crippen LogP contribution in [0.1, 0.15) is 10.4 Å². The van der Waals surface area contributed by atoms with Crippen molar-refractivity contribution in [3.05, 3.63) is 29.8 Å². The molecule has 1 unspecified atom stereocenters. The normalized spacial score (nSPS) is 19.6. The topological polar surface area (TPSA) is 81.9 Å². The molecule has 0 aliphatic carbocycles. The first-order valence-electron chi connectivity index (χ1n) is 6.40. The summed E-state index contributed by atoms with van der Waals surface area (Å²) < 4.78 is 10.3. The fourth-order valence-corrected chi connectivity index (χ4v) is 2.14. The first kappa shape index (κ1) is 14.5. The SMILES string of the molecule is COc1ccc(C(=O)CN2CCOCC2C(N)=O)cc1. The molecular formula is C14H18N2O4. The molecule has 2 rings (SSSR count). The predicted molar refractivity (Wildman–Crippen MR) is 72.7 cm³/mol. The van der Waals surface area contributed by atoms with Crippen LogP contribution < -0.4 is 10.5 Å². The largest absolute Gasteiger partial charge is 0.497 e. The van der Waals surface area contributed by atoms with Crippen LogP contribution in [0.4, 0.5) is 0 Å². The van der Waals surface area contributed by atoms with Gasteiger partial charge in [0.2, 0.25) is 5.91 Å². The fourth-order valence-electron chi connectivity index (χ4n) is 2.14. The van der Waals surface area contributed by atoms with E-state index in [2.05, 4.69) is 0 Å². The number of hydrogen-bond acceptors (Lipinski definition) is 5. The molecule has 1 saturated heterocycles. The van der Waals surface area contributed by atoms with Gasteiger partial charge in [-0.15, -0.1) is 0 Å². The molecule has 1 fully saturated rings. The van der Waals surface area contributed by atoms with Crippen molar-refractivity contribution in [1.29, 1.82) is 0 Å². The predicted octanol–water partition coefficient (Wildman–Crippen LogP) is 0.0640. The summed E-state index contributed by atoms with van der Waals surface area (Å²) in [6, 6.07) is 6.35. The zero-order valence-corrected chi connectivity index (χ0v) is 11.4. The molecule has 20 heavy (non-hydrogen) atoms. The Morgan fingerprint density at radius 2 is 2.10 bits per heavy atom. The number of Topliss-reactive ketones (excluding diaryl/α,β-unsaturated/α-hetero) is 1. The van der Waals surface area contributed by atoms with E-state index in [0.717, 1.165) is 0 Å². The fraction of sp³-hybridized carbons (Fsp3) is 0.429. The number of carbonyl (C=O) groups excluding carboxylic acids is 2. The van der Waals surface area contributed by atoms with Gasteiger partial charge in [-0.3, -0.25) is 14.5 Å². The van der Waals surface area contributed by atoms with Gasteiger partial charge in [0, 0.05) is 12.1 Å². The summed E-state index contributed by atoms with van der Waals surface area (Å²) in [4.78, 5) is 25.3. The third kappa shape index (κ3) is 3.34. The molecule has 6 heteroatoms. The Morgan fingerprint density at radius 3 is 2.70 bits per heavy atom. The third-order valence-corrected chi connectivity index (χ3v) is 3.33. The minimum absolute atomic E-state index is 0.0548. The second-order valence-corrected chi connectivity index (χ2v) is 4.62. The molecule has 1 atom stereocenters. The van der Waals surface area contributed by atoms with Crippen molar-refractivity contribution in [2.24, 2.45) is 5.73 Å². The van der Waals surface area contributed by atoms with Crippen molar-refractivity contribution in [3.8, 4) is 5.75 Å². The molecule has 0 spiro atoms. The van der Waals surface area contributed by atoms with Crippen molar-refractivity contribution in [2.75, 3.05) is 33.4 Å². The first-order valence-corrected chi connectivity index (χ1v) is 6.40. The van der Waals surface area contributed by atoms with E-state index >= 15 is 0 Å². The van der Waals surface area contributed by atoms with Crippen molar-refractivity contribution < 1.29 is 19.1 Å². The molecule has 6 nitrogen and oxygen atoms in total. The van der Waals surface area contributed by atoms with Crippen LogP contribution in [-0.2, 0) is 9.53 Å². The maximum absolute atomic E-state index is 12.2. The van der Waals surface area contributed by atoms with Crippen LogP contribution >= 0.6 is 0 Å². The highest BCUT2D eigenvalue weighted by molar-refractivity contribution is 5.98. The number of nitrogens with zero attached hydrogens (tertiary/aromatic N) is 1. The minimum Gasteiger partial charge on any atom is -0.497 e. The average Bonchev–Trinajstić information content (AvgIpc) is 2.47. The Morgan fingerprint density at radius 1 is 1.40 bits per heavy atom. The Balaban J connectivity index is 2.03. The van der Waals surface area contributed by atoms with Gasteiger partial charge in [0.25, 0.3) is 0 Å². The van der Waals surface area contributed by atoms with Gasteiger partial charge in [-0.05, 0) is 24.3 Å². The van der Waals surface area contributed by atoms with E-state index in [4.69, 9.17) is 15.2 Å². The Kier molecular flexibility index (Phi) is 4.70. The lowest BCUT2D eigenvalue weighted by atomic mass is 10.1. The number of amides is 1. The van der Waals surface area contributed by atoms with Gasteiger partial charge in [0.05, 0.1) is 26.9 Å². The van der Waals surface area contributed by atoms with Crippen molar-refractivity contribution in [2.45, 2.75) is 6.04 Å². The Hall–Kier alpha value is -1.92. The molecule has 0 bridgehead atoms. The Labute approximate surface area is 117 Å². The van der Waals surface area contributed by atoms with Crippen LogP contribution in [0.2, 0.25) is 0 Å². The quantitative estimate of drug-likeness (QED) is 0.770. The summed E-state index contributed by atoms with van der Waals surface area (Å²) >= 11 is 0. The summed E-state index contributed by atoms with van der Waals surface area (Å²) in [5.74, 6) is 0.177. The molecule has 2 N–H and O–H groups in total. The summed E-state index contributed by atoms with van der Waals surface area (Å²) in [6.45, 7) is 1.42. The number of nitrogens with two attached hydrogens (primary N) is 1. The number of benzene rings is 1. The van der Waals surface area contributed by atoms with E-state index in [1.807, 2.05) is 0 Å². The molecule has 1 aromatic carbocycles. The van der Waals surface area contributed by atoms with Crippen LogP contribution in [0.15, 0.2) is 24.3 Å². The van der Waals surface area contributed by atoms with Gasteiger partial charge in [0.1, 0.15) is 11.8 Å². The number of hydrogen-bond donors (Lipinski definition) is 1. The highest BCUT2D eigenvalue weighted by Crippen LogP contribution is 2.13. The molecule has 1 amide bonds. The van der Waals surface area contributed by atoms with Gasteiger partial charge in [-0.25, -0.2) is 0 Å². The van der Waals surface area contributed by atoms with E-state index in [9.17, 15) is 9.59 Å². The molecule has 0 radical (unpaired) electrons. The molecule has 1 aliphatic rings. The van der Waals surface area contributed by atoms with Gasteiger partial charge in [-0.2, -0.15) is 0 Å². The van der Waals surface area contributed by atoms with Crippen molar-refractivity contribution in [1.82, 2.24) is 4.90 Å². The second-order valence-electron chi connectivity index (χ2n) is 4.62. The minimum atomic E-state index is -0.536. The highest BCUT2D eigenvalue weighted by Gasteiger charge is 2.29. The van der Waals surface area contributed by atoms with E-state index in [1.54, 1.807) is 36.3 Å². The first-order chi connectivity index (χ1) is 9.61. The number of ether oxygens (including phenoxy) is 2. The molecule has 108 valence electrons. The lowest BCUT2D eigenvalue weighted by Gasteiger charge is -2.32. The molecule has 0 saturated carbocycles. The molecular weight excluding hydrogens is 260 g/mol. The lowest BCUT2D eigenvalue weighted by Crippen LogP contribution is -2.53. The van der Waals surface area contributed by atoms with Crippen LogP contribution in [0.25, 0.3) is 0 Å². The number of primary amides is 1. The Bertz CT molecular complexity index is 486. The van der Waals surface area contributed by atoms with Gasteiger partial charge in [-0.1, -0.05) is 0 Å². The number of methoxy groups -OCH3 is 1. The summed E-state index contributed by atoms with van der Waals surface area (Å²) in [5, 5.41) is 0. The van der Waals surface area contributed by atoms with E-state index in [-0.39, 0.29) is 18.9 Å². The van der Waals surface area contributed by atoms with Crippen molar-refractivity contribution in [3.63, 3.8) is 0 Å². The summed E-state index contributed by atoms with van der Waals surface area (Å²) in [7, 11) is 1.57. The maximum Gasteiger partial charge on any atom is 0.237 e. The molecule has 1 aliphatic heterocycles. The molecule has 0 aromatic heterocycles. The monoisotopic (exact) mass is 278 g/mol. The van der Waals surface area contributed by atoms with E-state index in [0.29, 0.717) is 24.5 Å². The van der Waals surface area contributed by atoms with Gasteiger partial charge in [0.15, 0.2) is 5.78 Å². The number of morpholine rings is 1. The van der Waals surface area contributed by atoms with Crippen LogP contribution in [-0.4, -0.2) is 56.0 Å². The van der Waals surface area contributed by atoms with Gasteiger partial charge >= 0.3 is 0 Å². The van der Waals surface area contributed by atoms with Crippen molar-refractivity contribution >= 4 is 11.7 Å². The number of ketones is 1. The molecule has 1 heterocycles. The van der Waals surface area contributed by atoms with Crippen LogP contribution in [0, 0.1) is 0 Å². The highest BCUT2D eigenvalue weighted by atomic mass is 16.5. The maximum atomic E-state index is 12.2. The number of rotatable bonds is 5. The van der Waals surface area contributed by atoms with Crippen LogP contribution in [0.3, 0.4) is 0 Å². The zero-order chi connectivity index (χ0) is 14.5. The average molecular weight is 278 g/mol. The summed E-state index contributed by atoms with van der Waals surface area (Å²) in [5.41, 5.74) is 5.91. The number of carbonyl (C=O) groups is 2. The van der Waals surface area contributed by atoms with E-state index in [1.165, 1.54) is 0 Å². The summed E-state index contributed by atoms with van der Waals surface area (Å²) in [6.07, 6.45) is 0. The molecule has 1 aromatic rings. The second kappa shape index (κ2) is 6.49.